The summed E-state index contributed by atoms with van der Waals surface area (Å²) in [6, 6.07) is 2.16. The number of rotatable bonds is 5. The van der Waals surface area contributed by atoms with E-state index >= 15 is 0 Å². The lowest BCUT2D eigenvalue weighted by Gasteiger charge is -2.24. The van der Waals surface area contributed by atoms with Crippen LogP contribution >= 0.6 is 23.1 Å². The maximum Gasteiger partial charge on any atom is 0.237 e. The van der Waals surface area contributed by atoms with Crippen molar-refractivity contribution in [3.05, 3.63) is 21.9 Å². The van der Waals surface area contributed by atoms with Crippen LogP contribution in [0.2, 0.25) is 0 Å². The fourth-order valence-electron chi connectivity index (χ4n) is 2.17. The zero-order valence-corrected chi connectivity index (χ0v) is 12.1. The third kappa shape index (κ3) is 3.08. The monoisotopic (exact) mass is 285 g/mol. The second-order valence-electron chi connectivity index (χ2n) is 4.43. The van der Waals surface area contributed by atoms with Gasteiger partial charge >= 0.3 is 0 Å². The largest absolute Gasteiger partial charge is 0.396 e. The molecule has 1 amide bonds. The maximum absolute atomic E-state index is 12.3. The molecule has 2 atom stereocenters. The first-order valence-electron chi connectivity index (χ1n) is 6.35. The third-order valence-corrected chi connectivity index (χ3v) is 5.47. The molecular weight excluding hydrogens is 266 g/mol. The number of aryl methyl sites for hydroxylation is 1. The van der Waals surface area contributed by atoms with Crippen LogP contribution in [-0.4, -0.2) is 29.4 Å². The molecule has 3 nitrogen and oxygen atoms in total. The van der Waals surface area contributed by atoms with Gasteiger partial charge in [-0.3, -0.25) is 4.79 Å². The minimum Gasteiger partial charge on any atom is -0.396 e. The summed E-state index contributed by atoms with van der Waals surface area (Å²) in [6.07, 6.45) is 2.57. The minimum absolute atomic E-state index is 0.0623. The first kappa shape index (κ1) is 13.9. The van der Waals surface area contributed by atoms with Gasteiger partial charge in [0.15, 0.2) is 0 Å². The SMILES string of the molecule is CCC(CCO)NC(=O)C1SCCc2sccc21. The summed E-state index contributed by atoms with van der Waals surface area (Å²) in [5.74, 6) is 1.11. The molecule has 0 aromatic carbocycles. The molecule has 0 radical (unpaired) electrons. The Labute approximate surface area is 116 Å². The van der Waals surface area contributed by atoms with Crippen LogP contribution in [0.5, 0.6) is 0 Å². The standard InChI is InChI=1S/C13H19NO2S2/c1-2-9(3-6-15)14-13(16)12-10-4-7-17-11(10)5-8-18-12/h4,7,9,12,15H,2-3,5-6,8H2,1H3,(H,14,16). The summed E-state index contributed by atoms with van der Waals surface area (Å²) in [4.78, 5) is 13.6. The van der Waals surface area contributed by atoms with E-state index in [1.807, 2.05) is 6.92 Å². The molecule has 0 bridgehead atoms. The summed E-state index contributed by atoms with van der Waals surface area (Å²) in [7, 11) is 0. The van der Waals surface area contributed by atoms with Crippen molar-refractivity contribution in [3.63, 3.8) is 0 Å². The number of aliphatic hydroxyl groups excluding tert-OH is 1. The van der Waals surface area contributed by atoms with Gasteiger partial charge in [-0.25, -0.2) is 0 Å². The van der Waals surface area contributed by atoms with E-state index in [1.165, 1.54) is 10.4 Å². The van der Waals surface area contributed by atoms with Gasteiger partial charge in [-0.1, -0.05) is 6.92 Å². The van der Waals surface area contributed by atoms with Gasteiger partial charge in [-0.2, -0.15) is 0 Å². The van der Waals surface area contributed by atoms with E-state index in [0.29, 0.717) is 6.42 Å². The Morgan fingerprint density at radius 3 is 3.22 bits per heavy atom. The van der Waals surface area contributed by atoms with E-state index < -0.39 is 0 Å². The van der Waals surface area contributed by atoms with Crippen LogP contribution in [0.1, 0.15) is 35.5 Å². The molecule has 0 aliphatic carbocycles. The van der Waals surface area contributed by atoms with Crippen LogP contribution in [0, 0.1) is 0 Å². The van der Waals surface area contributed by atoms with Gasteiger partial charge in [-0.05, 0) is 42.0 Å². The van der Waals surface area contributed by atoms with Crippen LogP contribution in [0.4, 0.5) is 0 Å². The van der Waals surface area contributed by atoms with Crippen LogP contribution in [0.3, 0.4) is 0 Å². The molecule has 100 valence electrons. The predicted molar refractivity (Wildman–Crippen MR) is 77.1 cm³/mol. The van der Waals surface area contributed by atoms with Crippen molar-refractivity contribution in [2.75, 3.05) is 12.4 Å². The average molecular weight is 285 g/mol. The molecule has 0 saturated heterocycles. The number of hydrogen-bond donors (Lipinski definition) is 2. The lowest BCUT2D eigenvalue weighted by molar-refractivity contribution is -0.121. The Hall–Kier alpha value is -0.520. The van der Waals surface area contributed by atoms with Crippen molar-refractivity contribution < 1.29 is 9.90 Å². The highest BCUT2D eigenvalue weighted by molar-refractivity contribution is 8.00. The van der Waals surface area contributed by atoms with Crippen LogP contribution in [0.15, 0.2) is 11.4 Å². The van der Waals surface area contributed by atoms with Crippen LogP contribution in [-0.2, 0) is 11.2 Å². The van der Waals surface area contributed by atoms with Gasteiger partial charge in [0.25, 0.3) is 0 Å². The predicted octanol–water partition coefficient (Wildman–Crippen LogP) is 2.36. The number of carbonyl (C=O) groups is 1. The van der Waals surface area contributed by atoms with E-state index in [1.54, 1.807) is 23.1 Å². The Morgan fingerprint density at radius 1 is 1.67 bits per heavy atom. The summed E-state index contributed by atoms with van der Waals surface area (Å²) in [5, 5.41) is 14.0. The van der Waals surface area contributed by atoms with E-state index in [-0.39, 0.29) is 23.8 Å². The molecule has 0 spiro atoms. The second-order valence-corrected chi connectivity index (χ2v) is 6.64. The Balaban J connectivity index is 2.02. The summed E-state index contributed by atoms with van der Waals surface area (Å²) in [6.45, 7) is 2.16. The van der Waals surface area contributed by atoms with Gasteiger partial charge in [-0.15, -0.1) is 23.1 Å². The number of thioether (sulfide) groups is 1. The zero-order chi connectivity index (χ0) is 13.0. The molecule has 0 saturated carbocycles. The number of hydrogen-bond acceptors (Lipinski definition) is 4. The quantitative estimate of drug-likeness (QED) is 0.873. The van der Waals surface area contributed by atoms with Crippen molar-refractivity contribution in [3.8, 4) is 0 Å². The fourth-order valence-corrected chi connectivity index (χ4v) is 4.48. The first-order valence-corrected chi connectivity index (χ1v) is 8.28. The molecule has 18 heavy (non-hydrogen) atoms. The first-order chi connectivity index (χ1) is 8.76. The molecule has 1 aliphatic heterocycles. The Bertz CT molecular complexity index is 405. The molecule has 1 aliphatic rings. The van der Waals surface area contributed by atoms with Crippen molar-refractivity contribution >= 4 is 29.0 Å². The third-order valence-electron chi connectivity index (χ3n) is 3.23. The number of fused-ring (bicyclic) bond motifs is 1. The Morgan fingerprint density at radius 2 is 2.50 bits per heavy atom. The summed E-state index contributed by atoms with van der Waals surface area (Å²) in [5.41, 5.74) is 1.19. The van der Waals surface area contributed by atoms with E-state index in [2.05, 4.69) is 16.8 Å². The normalized spacial score (nSPS) is 20.2. The lowest BCUT2D eigenvalue weighted by Crippen LogP contribution is -2.38. The highest BCUT2D eigenvalue weighted by Gasteiger charge is 2.28. The van der Waals surface area contributed by atoms with Crippen molar-refractivity contribution in [1.29, 1.82) is 0 Å². The van der Waals surface area contributed by atoms with Crippen molar-refractivity contribution in [2.24, 2.45) is 0 Å². The Kier molecular flexibility index (Phi) is 5.09. The highest BCUT2D eigenvalue weighted by atomic mass is 32.2. The smallest absolute Gasteiger partial charge is 0.237 e. The molecule has 2 heterocycles. The molecule has 2 N–H and O–H groups in total. The minimum atomic E-state index is -0.0623. The lowest BCUT2D eigenvalue weighted by atomic mass is 10.1. The van der Waals surface area contributed by atoms with E-state index in [0.717, 1.165) is 18.6 Å². The fraction of sp³-hybridized carbons (Fsp3) is 0.615. The van der Waals surface area contributed by atoms with Gasteiger partial charge in [0.05, 0.1) is 0 Å². The molecule has 2 unspecified atom stereocenters. The van der Waals surface area contributed by atoms with Crippen LogP contribution in [0.25, 0.3) is 0 Å². The average Bonchev–Trinajstić information content (AvgIpc) is 2.85. The summed E-state index contributed by atoms with van der Waals surface area (Å²) < 4.78 is 0. The molecule has 5 heteroatoms. The number of nitrogens with one attached hydrogen (secondary N) is 1. The van der Waals surface area contributed by atoms with E-state index in [9.17, 15) is 4.79 Å². The number of thiophene rings is 1. The van der Waals surface area contributed by atoms with Gasteiger partial charge < -0.3 is 10.4 Å². The van der Waals surface area contributed by atoms with Crippen molar-refractivity contribution in [1.82, 2.24) is 5.32 Å². The number of carbonyl (C=O) groups excluding carboxylic acids is 1. The van der Waals surface area contributed by atoms with E-state index in [4.69, 9.17) is 5.11 Å². The molecule has 1 aromatic rings. The zero-order valence-electron chi connectivity index (χ0n) is 10.5. The highest BCUT2D eigenvalue weighted by Crippen LogP contribution is 2.39. The molecule has 0 fully saturated rings. The topological polar surface area (TPSA) is 49.3 Å². The van der Waals surface area contributed by atoms with Gasteiger partial charge in [0.1, 0.15) is 5.25 Å². The molecule has 2 rings (SSSR count). The van der Waals surface area contributed by atoms with Crippen molar-refractivity contribution in [2.45, 2.75) is 37.5 Å². The maximum atomic E-state index is 12.3. The van der Waals surface area contributed by atoms with Crippen LogP contribution < -0.4 is 5.32 Å². The number of aliphatic hydroxyl groups is 1. The number of amides is 1. The summed E-state index contributed by atoms with van der Waals surface area (Å²) >= 11 is 3.47. The van der Waals surface area contributed by atoms with Gasteiger partial charge in [0.2, 0.25) is 5.91 Å². The second kappa shape index (κ2) is 6.59. The molecule has 1 aromatic heterocycles. The van der Waals surface area contributed by atoms with Gasteiger partial charge in [0, 0.05) is 17.5 Å². The molecular formula is C13H19NO2S2.